The Hall–Kier alpha value is -3.00. The van der Waals surface area contributed by atoms with E-state index in [1.54, 1.807) is 12.1 Å². The van der Waals surface area contributed by atoms with Crippen LogP contribution in [0.15, 0.2) is 48.5 Å². The van der Waals surface area contributed by atoms with Crippen LogP contribution >= 0.6 is 12.2 Å². The molecule has 142 valence electrons. The molecule has 0 fully saturated rings. The molecule has 0 unspecified atom stereocenters. The molecule has 2 N–H and O–H groups in total. The largest absolute Gasteiger partial charge is 0.494 e. The first-order valence-electron chi connectivity index (χ1n) is 8.45. The Morgan fingerprint density at radius 1 is 1.22 bits per heavy atom. The van der Waals surface area contributed by atoms with E-state index in [-0.39, 0.29) is 16.4 Å². The smallest absolute Gasteiger partial charge is 0.270 e. The maximum absolute atomic E-state index is 12.2. The third-order valence-corrected chi connectivity index (χ3v) is 3.81. The summed E-state index contributed by atoms with van der Waals surface area (Å²) in [7, 11) is 0. The molecular formula is C19H21N3O4S. The first-order valence-corrected chi connectivity index (χ1v) is 8.85. The van der Waals surface area contributed by atoms with Crippen molar-refractivity contribution in [2.24, 2.45) is 5.92 Å². The van der Waals surface area contributed by atoms with E-state index in [4.69, 9.17) is 17.0 Å². The minimum absolute atomic E-state index is 0.0887. The number of anilines is 1. The number of nitrogens with one attached hydrogen (secondary N) is 2. The van der Waals surface area contributed by atoms with Gasteiger partial charge in [0.25, 0.3) is 11.6 Å². The molecule has 0 aliphatic carbocycles. The summed E-state index contributed by atoms with van der Waals surface area (Å²) < 4.78 is 5.69. The number of benzene rings is 2. The molecule has 2 aromatic rings. The predicted molar refractivity (Wildman–Crippen MR) is 108 cm³/mol. The molecule has 0 aliphatic rings. The normalized spacial score (nSPS) is 10.3. The summed E-state index contributed by atoms with van der Waals surface area (Å²) in [5.74, 6) is 0.733. The van der Waals surface area contributed by atoms with Crippen LogP contribution in [0.2, 0.25) is 0 Å². The van der Waals surface area contributed by atoms with Gasteiger partial charge in [0, 0.05) is 29.4 Å². The van der Waals surface area contributed by atoms with Crippen LogP contribution < -0.4 is 15.4 Å². The van der Waals surface area contributed by atoms with Crippen molar-refractivity contribution in [2.75, 3.05) is 11.9 Å². The number of amides is 1. The van der Waals surface area contributed by atoms with E-state index in [2.05, 4.69) is 24.5 Å². The molecule has 0 saturated carbocycles. The first-order chi connectivity index (χ1) is 12.8. The number of ether oxygens (including phenoxy) is 1. The van der Waals surface area contributed by atoms with E-state index in [0.29, 0.717) is 24.0 Å². The zero-order chi connectivity index (χ0) is 19.8. The van der Waals surface area contributed by atoms with Crippen molar-refractivity contribution in [3.63, 3.8) is 0 Å². The van der Waals surface area contributed by atoms with Gasteiger partial charge in [-0.3, -0.25) is 20.2 Å². The Labute approximate surface area is 162 Å². The van der Waals surface area contributed by atoms with Crippen molar-refractivity contribution in [2.45, 2.75) is 20.3 Å². The summed E-state index contributed by atoms with van der Waals surface area (Å²) in [4.78, 5) is 22.5. The van der Waals surface area contributed by atoms with E-state index >= 15 is 0 Å². The molecule has 0 spiro atoms. The third-order valence-electron chi connectivity index (χ3n) is 3.60. The van der Waals surface area contributed by atoms with Crippen LogP contribution in [0.4, 0.5) is 11.4 Å². The van der Waals surface area contributed by atoms with Crippen LogP contribution in [0.25, 0.3) is 0 Å². The second-order valence-electron chi connectivity index (χ2n) is 6.27. The van der Waals surface area contributed by atoms with Gasteiger partial charge in [-0.25, -0.2) is 0 Å². The van der Waals surface area contributed by atoms with Gasteiger partial charge in [0.1, 0.15) is 5.75 Å². The standard InChI is InChI=1S/C19H21N3O4S/c1-13(2)9-10-26-17-8-4-6-15(12-17)20-19(27)21-18(23)14-5-3-7-16(11-14)22(24)25/h3-8,11-13H,9-10H2,1-2H3,(H2,20,21,23,27). The summed E-state index contributed by atoms with van der Waals surface area (Å²) in [6.45, 7) is 4.88. The molecule has 7 nitrogen and oxygen atoms in total. The number of hydrogen-bond donors (Lipinski definition) is 2. The molecule has 27 heavy (non-hydrogen) atoms. The van der Waals surface area contributed by atoms with Crippen LogP contribution in [-0.2, 0) is 0 Å². The Balaban J connectivity index is 1.94. The molecule has 0 saturated heterocycles. The van der Waals surface area contributed by atoms with Crippen LogP contribution in [-0.4, -0.2) is 22.5 Å². The van der Waals surface area contributed by atoms with E-state index in [1.807, 2.05) is 12.1 Å². The maximum Gasteiger partial charge on any atom is 0.270 e. The fraction of sp³-hybridized carbons (Fsp3) is 0.263. The first kappa shape index (κ1) is 20.3. The van der Waals surface area contributed by atoms with Crippen LogP contribution in [0, 0.1) is 16.0 Å². The molecule has 1 amide bonds. The molecule has 0 aliphatic heterocycles. The van der Waals surface area contributed by atoms with Gasteiger partial charge in [0.05, 0.1) is 11.5 Å². The van der Waals surface area contributed by atoms with Crippen LogP contribution in [0.1, 0.15) is 30.6 Å². The molecule has 2 rings (SSSR count). The van der Waals surface area contributed by atoms with Crippen molar-refractivity contribution in [3.05, 3.63) is 64.2 Å². The van der Waals surface area contributed by atoms with E-state index in [1.165, 1.54) is 24.3 Å². The number of thiocarbonyl (C=S) groups is 1. The number of carbonyl (C=O) groups excluding carboxylic acids is 1. The number of nitro groups is 1. The summed E-state index contributed by atoms with van der Waals surface area (Å²) in [6, 6.07) is 12.7. The Morgan fingerprint density at radius 2 is 1.96 bits per heavy atom. The lowest BCUT2D eigenvalue weighted by Crippen LogP contribution is -2.34. The van der Waals surface area contributed by atoms with Gasteiger partial charge in [-0.05, 0) is 42.8 Å². The average molecular weight is 387 g/mol. The lowest BCUT2D eigenvalue weighted by atomic mass is 10.1. The highest BCUT2D eigenvalue weighted by Crippen LogP contribution is 2.18. The number of nitro benzene ring substituents is 1. The third kappa shape index (κ3) is 6.67. The zero-order valence-electron chi connectivity index (χ0n) is 15.1. The quantitative estimate of drug-likeness (QED) is 0.421. The Morgan fingerprint density at radius 3 is 2.67 bits per heavy atom. The fourth-order valence-electron chi connectivity index (χ4n) is 2.17. The molecular weight excluding hydrogens is 366 g/mol. The van der Waals surface area contributed by atoms with Crippen molar-refractivity contribution in [1.29, 1.82) is 0 Å². The van der Waals surface area contributed by atoms with Crippen molar-refractivity contribution in [3.8, 4) is 5.75 Å². The highest BCUT2D eigenvalue weighted by Gasteiger charge is 2.12. The van der Waals surface area contributed by atoms with E-state index in [0.717, 1.165) is 6.42 Å². The summed E-state index contributed by atoms with van der Waals surface area (Å²) >= 11 is 5.14. The van der Waals surface area contributed by atoms with Crippen molar-refractivity contribution >= 4 is 34.6 Å². The highest BCUT2D eigenvalue weighted by molar-refractivity contribution is 7.80. The van der Waals surface area contributed by atoms with Gasteiger partial charge >= 0.3 is 0 Å². The number of nitrogens with zero attached hydrogens (tertiary/aromatic N) is 1. The monoisotopic (exact) mass is 387 g/mol. The minimum Gasteiger partial charge on any atom is -0.494 e. The highest BCUT2D eigenvalue weighted by atomic mass is 32.1. The number of non-ortho nitro benzene ring substituents is 1. The number of carbonyl (C=O) groups is 1. The van der Waals surface area contributed by atoms with Gasteiger partial charge in [0.15, 0.2) is 5.11 Å². The van der Waals surface area contributed by atoms with Crippen molar-refractivity contribution < 1.29 is 14.5 Å². The molecule has 0 atom stereocenters. The number of hydrogen-bond acceptors (Lipinski definition) is 5. The minimum atomic E-state index is -0.557. The van der Waals surface area contributed by atoms with Gasteiger partial charge in [-0.2, -0.15) is 0 Å². The fourth-order valence-corrected chi connectivity index (χ4v) is 2.39. The molecule has 2 aromatic carbocycles. The lowest BCUT2D eigenvalue weighted by molar-refractivity contribution is -0.384. The summed E-state index contributed by atoms with van der Waals surface area (Å²) in [6.07, 6.45) is 0.954. The second-order valence-corrected chi connectivity index (χ2v) is 6.68. The van der Waals surface area contributed by atoms with E-state index in [9.17, 15) is 14.9 Å². The molecule has 0 heterocycles. The van der Waals surface area contributed by atoms with Crippen molar-refractivity contribution in [1.82, 2.24) is 5.32 Å². The van der Waals surface area contributed by atoms with Gasteiger partial charge < -0.3 is 10.1 Å². The second kappa shape index (κ2) is 9.63. The van der Waals surface area contributed by atoms with Gasteiger partial charge in [0.2, 0.25) is 0 Å². The van der Waals surface area contributed by atoms with Crippen LogP contribution in [0.5, 0.6) is 5.75 Å². The Bertz CT molecular complexity index is 839. The SMILES string of the molecule is CC(C)CCOc1cccc(NC(=S)NC(=O)c2cccc([N+](=O)[O-])c2)c1. The summed E-state index contributed by atoms with van der Waals surface area (Å²) in [5.41, 5.74) is 0.660. The molecule has 8 heteroatoms. The Kier molecular flexibility index (Phi) is 7.25. The van der Waals surface area contributed by atoms with E-state index < -0.39 is 10.8 Å². The summed E-state index contributed by atoms with van der Waals surface area (Å²) in [5, 5.41) is 16.3. The predicted octanol–water partition coefficient (Wildman–Crippen LogP) is 4.15. The lowest BCUT2D eigenvalue weighted by Gasteiger charge is -2.12. The topological polar surface area (TPSA) is 93.5 Å². The van der Waals surface area contributed by atoms with Gasteiger partial charge in [-0.15, -0.1) is 0 Å². The van der Waals surface area contributed by atoms with Crippen LogP contribution in [0.3, 0.4) is 0 Å². The molecule has 0 radical (unpaired) electrons. The maximum atomic E-state index is 12.2. The average Bonchev–Trinajstić information content (AvgIpc) is 2.61. The van der Waals surface area contributed by atoms with Gasteiger partial charge in [-0.1, -0.05) is 26.0 Å². The molecule has 0 aromatic heterocycles. The zero-order valence-corrected chi connectivity index (χ0v) is 15.9. The molecule has 0 bridgehead atoms. The number of rotatable bonds is 7.